The number of nitrogens with zero attached hydrogens (tertiary/aromatic N) is 1. The maximum atomic E-state index is 13.8. The minimum absolute atomic E-state index is 0.0263. The van der Waals surface area contributed by atoms with E-state index in [-0.39, 0.29) is 17.0 Å². The summed E-state index contributed by atoms with van der Waals surface area (Å²) in [6, 6.07) is 9.53. The predicted octanol–water partition coefficient (Wildman–Crippen LogP) is 4.21. The second kappa shape index (κ2) is 6.19. The van der Waals surface area contributed by atoms with Crippen LogP contribution in [0.15, 0.2) is 47.0 Å². The van der Waals surface area contributed by atoms with Crippen LogP contribution >= 0.6 is 0 Å². The normalized spacial score (nSPS) is 10.7. The highest BCUT2D eigenvalue weighted by Gasteiger charge is 2.18. The molecule has 7 heteroatoms. The molecule has 0 aliphatic rings. The Morgan fingerprint density at radius 1 is 1.04 bits per heavy atom. The van der Waals surface area contributed by atoms with Crippen LogP contribution in [0.5, 0.6) is 0 Å². The van der Waals surface area contributed by atoms with E-state index in [1.165, 1.54) is 25.3 Å². The zero-order valence-corrected chi connectivity index (χ0v) is 12.3. The van der Waals surface area contributed by atoms with Crippen molar-refractivity contribution in [3.63, 3.8) is 0 Å². The molecule has 24 heavy (non-hydrogen) atoms. The molecule has 0 radical (unpaired) electrons. The summed E-state index contributed by atoms with van der Waals surface area (Å²) in [4.78, 5) is 11.4. The van der Waals surface area contributed by atoms with Gasteiger partial charge in [-0.05, 0) is 24.3 Å². The summed E-state index contributed by atoms with van der Waals surface area (Å²) in [7, 11) is 1.27. The van der Waals surface area contributed by atoms with Gasteiger partial charge in [-0.3, -0.25) is 0 Å². The van der Waals surface area contributed by atoms with Crippen LogP contribution in [0.3, 0.4) is 0 Å². The molecule has 0 N–H and O–H groups in total. The van der Waals surface area contributed by atoms with Crippen LogP contribution in [0, 0.1) is 17.5 Å². The fraction of sp³-hybridized carbons (Fsp3) is 0.0588. The van der Waals surface area contributed by atoms with E-state index in [1.807, 2.05) is 0 Å². The van der Waals surface area contributed by atoms with Crippen LogP contribution in [0.25, 0.3) is 22.6 Å². The first-order valence-electron chi connectivity index (χ1n) is 6.80. The van der Waals surface area contributed by atoms with Gasteiger partial charge in [0.25, 0.3) is 0 Å². The maximum Gasteiger partial charge on any atom is 0.337 e. The minimum Gasteiger partial charge on any atom is -0.465 e. The van der Waals surface area contributed by atoms with Crippen molar-refractivity contribution in [3.05, 3.63) is 65.5 Å². The highest BCUT2D eigenvalue weighted by Crippen LogP contribution is 2.29. The number of hydrogen-bond acceptors (Lipinski definition) is 4. The van der Waals surface area contributed by atoms with E-state index < -0.39 is 23.4 Å². The summed E-state index contributed by atoms with van der Waals surface area (Å²) in [6.45, 7) is 0. The molecule has 1 heterocycles. The fourth-order valence-electron chi connectivity index (χ4n) is 2.15. The van der Waals surface area contributed by atoms with Gasteiger partial charge in [-0.15, -0.1) is 0 Å². The first-order valence-corrected chi connectivity index (χ1v) is 6.80. The second-order valence-electron chi connectivity index (χ2n) is 4.87. The lowest BCUT2D eigenvalue weighted by Gasteiger charge is -2.00. The van der Waals surface area contributed by atoms with Crippen molar-refractivity contribution >= 4 is 5.97 Å². The summed E-state index contributed by atoms with van der Waals surface area (Å²) < 4.78 is 49.8. The number of aromatic nitrogens is 1. The quantitative estimate of drug-likeness (QED) is 0.532. The lowest BCUT2D eigenvalue weighted by molar-refractivity contribution is 0.0600. The molecule has 0 bridgehead atoms. The van der Waals surface area contributed by atoms with Crippen molar-refractivity contribution in [2.24, 2.45) is 0 Å². The number of benzene rings is 2. The van der Waals surface area contributed by atoms with Crippen LogP contribution in [0.4, 0.5) is 13.2 Å². The Balaban J connectivity index is 1.94. The number of carbonyl (C=O) groups is 1. The Hall–Kier alpha value is -3.09. The van der Waals surface area contributed by atoms with E-state index in [0.29, 0.717) is 11.1 Å². The highest BCUT2D eigenvalue weighted by molar-refractivity contribution is 5.89. The van der Waals surface area contributed by atoms with Crippen LogP contribution in [-0.4, -0.2) is 18.2 Å². The van der Waals surface area contributed by atoms with E-state index >= 15 is 0 Å². The molecule has 4 nitrogen and oxygen atoms in total. The molecule has 3 aromatic rings. The average molecular weight is 333 g/mol. The molecular formula is C17H10F3NO3. The van der Waals surface area contributed by atoms with Crippen molar-refractivity contribution in [1.29, 1.82) is 0 Å². The molecule has 2 aromatic carbocycles. The number of rotatable bonds is 3. The van der Waals surface area contributed by atoms with Gasteiger partial charge in [0, 0.05) is 17.2 Å². The Kier molecular flexibility index (Phi) is 4.07. The number of carbonyl (C=O) groups excluding carboxylic acids is 1. The smallest absolute Gasteiger partial charge is 0.337 e. The summed E-state index contributed by atoms with van der Waals surface area (Å²) >= 11 is 0. The van der Waals surface area contributed by atoms with E-state index in [0.717, 1.165) is 12.1 Å². The van der Waals surface area contributed by atoms with Gasteiger partial charge in [0.05, 0.1) is 12.7 Å². The molecule has 0 saturated carbocycles. The Morgan fingerprint density at radius 3 is 2.42 bits per heavy atom. The average Bonchev–Trinajstić information content (AvgIpc) is 3.09. The Labute approximate surface area is 134 Å². The lowest BCUT2D eigenvalue weighted by atomic mass is 10.1. The van der Waals surface area contributed by atoms with Crippen molar-refractivity contribution in [2.45, 2.75) is 0 Å². The molecular weight excluding hydrogens is 323 g/mol. The fourth-order valence-corrected chi connectivity index (χ4v) is 2.15. The molecule has 0 aliphatic heterocycles. The third kappa shape index (κ3) is 2.76. The van der Waals surface area contributed by atoms with Gasteiger partial charge in [-0.25, -0.2) is 18.0 Å². The van der Waals surface area contributed by atoms with Crippen LogP contribution < -0.4 is 0 Å². The topological polar surface area (TPSA) is 52.3 Å². The maximum absolute atomic E-state index is 13.8. The molecule has 0 fully saturated rings. The first-order chi connectivity index (χ1) is 11.5. The minimum atomic E-state index is -1.57. The number of hydrogen-bond donors (Lipinski definition) is 0. The van der Waals surface area contributed by atoms with Crippen molar-refractivity contribution in [1.82, 2.24) is 5.16 Å². The van der Waals surface area contributed by atoms with Crippen molar-refractivity contribution in [3.8, 4) is 22.6 Å². The monoisotopic (exact) mass is 333 g/mol. The number of esters is 1. The predicted molar refractivity (Wildman–Crippen MR) is 78.6 cm³/mol. The summed E-state index contributed by atoms with van der Waals surface area (Å²) in [6.07, 6.45) is 0. The Bertz CT molecular complexity index is 904. The van der Waals surface area contributed by atoms with Gasteiger partial charge < -0.3 is 9.26 Å². The zero-order valence-electron chi connectivity index (χ0n) is 12.3. The van der Waals surface area contributed by atoms with Crippen LogP contribution in [-0.2, 0) is 4.74 Å². The molecule has 0 aliphatic carbocycles. The van der Waals surface area contributed by atoms with E-state index in [9.17, 15) is 18.0 Å². The van der Waals surface area contributed by atoms with Gasteiger partial charge in [-0.2, -0.15) is 0 Å². The van der Waals surface area contributed by atoms with Crippen LogP contribution in [0.1, 0.15) is 10.4 Å². The number of halogens is 3. The number of methoxy groups -OCH3 is 1. The van der Waals surface area contributed by atoms with Crippen molar-refractivity contribution in [2.75, 3.05) is 7.11 Å². The molecule has 0 saturated heterocycles. The standard InChI is InChI=1S/C17H10F3NO3/c1-23-17(22)10-4-2-9(3-5-10)14-8-13(21-24-14)11-6-7-12(18)16(20)15(11)19/h2-8H,1H3. The lowest BCUT2D eigenvalue weighted by Crippen LogP contribution is -2.00. The van der Waals surface area contributed by atoms with Gasteiger partial charge in [0.2, 0.25) is 0 Å². The first kappa shape index (κ1) is 15.8. The van der Waals surface area contributed by atoms with Crippen LogP contribution in [0.2, 0.25) is 0 Å². The van der Waals surface area contributed by atoms with Crippen molar-refractivity contribution < 1.29 is 27.2 Å². The molecule has 3 rings (SSSR count). The summed E-state index contributed by atoms with van der Waals surface area (Å²) in [5, 5.41) is 3.67. The molecule has 0 atom stereocenters. The highest BCUT2D eigenvalue weighted by atomic mass is 19.2. The zero-order chi connectivity index (χ0) is 17.3. The van der Waals surface area contributed by atoms with E-state index in [2.05, 4.69) is 9.89 Å². The third-order valence-electron chi connectivity index (χ3n) is 3.41. The van der Waals surface area contributed by atoms with E-state index in [4.69, 9.17) is 4.52 Å². The SMILES string of the molecule is COC(=O)c1ccc(-c2cc(-c3ccc(F)c(F)c3F)no2)cc1. The third-order valence-corrected chi connectivity index (χ3v) is 3.41. The summed E-state index contributed by atoms with van der Waals surface area (Å²) in [5.41, 5.74) is 0.741. The Morgan fingerprint density at radius 2 is 1.75 bits per heavy atom. The molecule has 0 spiro atoms. The number of ether oxygens (including phenoxy) is 1. The summed E-state index contributed by atoms with van der Waals surface area (Å²) in [5.74, 6) is -4.39. The van der Waals surface area contributed by atoms with Gasteiger partial charge in [-0.1, -0.05) is 17.3 Å². The largest absolute Gasteiger partial charge is 0.465 e. The van der Waals surface area contributed by atoms with Gasteiger partial charge in [0.1, 0.15) is 5.69 Å². The van der Waals surface area contributed by atoms with Gasteiger partial charge >= 0.3 is 5.97 Å². The molecule has 1 aromatic heterocycles. The molecule has 0 unspecified atom stereocenters. The molecule has 0 amide bonds. The van der Waals surface area contributed by atoms with Gasteiger partial charge in [0.15, 0.2) is 23.2 Å². The van der Waals surface area contributed by atoms with E-state index in [1.54, 1.807) is 12.1 Å². The molecule has 122 valence electrons. The second-order valence-corrected chi connectivity index (χ2v) is 4.87.